The second-order valence-electron chi connectivity index (χ2n) is 5.52. The molecule has 0 saturated heterocycles. The Kier molecular flexibility index (Phi) is 6.87. The number of para-hydroxylation sites is 1. The Morgan fingerprint density at radius 1 is 0.731 bits per heavy atom. The number of pyridine rings is 2. The lowest BCUT2D eigenvalue weighted by atomic mass is 10.2. The number of fused-ring (bicyclic) bond motifs is 2. The first-order valence-electron chi connectivity index (χ1n) is 7.82. The summed E-state index contributed by atoms with van der Waals surface area (Å²) in [5, 5.41) is 5.17. The number of aromatic nitrogens is 2. The molecule has 0 unspecified atom stereocenters. The van der Waals surface area contributed by atoms with Crippen molar-refractivity contribution >= 4 is 76.9 Å². The molecule has 0 aliphatic rings. The van der Waals surface area contributed by atoms with Gasteiger partial charge in [0.25, 0.3) is 0 Å². The zero-order valence-electron chi connectivity index (χ0n) is 13.6. The average molecular weight is 513 g/mol. The molecule has 0 aliphatic heterocycles. The number of hydrogen-bond acceptors (Lipinski definition) is 2. The molecule has 0 aliphatic carbocycles. The van der Waals surface area contributed by atoms with Crippen LogP contribution in [-0.4, -0.2) is 9.97 Å². The lowest BCUT2D eigenvalue weighted by Gasteiger charge is -2.00. The minimum absolute atomic E-state index is 0.709. The number of nitrogens with zero attached hydrogens (tertiary/aromatic N) is 2. The molecule has 0 spiro atoms. The number of alkyl halides is 2. The van der Waals surface area contributed by atoms with E-state index in [1.165, 1.54) is 0 Å². The molecule has 0 bridgehead atoms. The van der Waals surface area contributed by atoms with Crippen LogP contribution in [0, 0.1) is 0 Å². The molecule has 0 atom stereocenters. The van der Waals surface area contributed by atoms with Gasteiger partial charge in [-0.1, -0.05) is 85.4 Å². The van der Waals surface area contributed by atoms with Crippen LogP contribution in [0.25, 0.3) is 21.8 Å². The highest BCUT2D eigenvalue weighted by Gasteiger charge is 2.00. The Balaban J connectivity index is 0.000000151. The predicted molar refractivity (Wildman–Crippen MR) is 119 cm³/mol. The highest BCUT2D eigenvalue weighted by atomic mass is 79.9. The Hall–Kier alpha value is -1.20. The fourth-order valence-electron chi connectivity index (χ4n) is 2.43. The maximum atomic E-state index is 6.01. The van der Waals surface area contributed by atoms with Crippen molar-refractivity contribution in [1.29, 1.82) is 0 Å². The van der Waals surface area contributed by atoms with Gasteiger partial charge in [0.2, 0.25) is 0 Å². The van der Waals surface area contributed by atoms with Crippen LogP contribution in [0.15, 0.2) is 60.7 Å². The highest BCUT2D eigenvalue weighted by molar-refractivity contribution is 9.08. The van der Waals surface area contributed by atoms with E-state index in [1.807, 2.05) is 54.6 Å². The van der Waals surface area contributed by atoms with Gasteiger partial charge in [0.15, 0.2) is 0 Å². The van der Waals surface area contributed by atoms with E-state index in [4.69, 9.17) is 23.2 Å². The molecule has 0 fully saturated rings. The molecule has 26 heavy (non-hydrogen) atoms. The van der Waals surface area contributed by atoms with E-state index in [2.05, 4.69) is 47.9 Å². The van der Waals surface area contributed by atoms with Gasteiger partial charge in [-0.3, -0.25) is 9.97 Å². The molecule has 2 aromatic heterocycles. The monoisotopic (exact) mass is 510 g/mol. The summed E-state index contributed by atoms with van der Waals surface area (Å²) in [6.45, 7) is 0. The topological polar surface area (TPSA) is 25.8 Å². The SMILES string of the molecule is Clc1ccc2ccc(CBr)nc2c1.Clc1cccc2ccc(CBr)nc12. The summed E-state index contributed by atoms with van der Waals surface area (Å²) >= 11 is 18.6. The Bertz CT molecular complexity index is 1050. The molecule has 4 rings (SSSR count). The van der Waals surface area contributed by atoms with Crippen LogP contribution in [0.1, 0.15) is 11.4 Å². The van der Waals surface area contributed by atoms with Crippen LogP contribution in [0.4, 0.5) is 0 Å². The minimum Gasteiger partial charge on any atom is -0.252 e. The summed E-state index contributed by atoms with van der Waals surface area (Å²) in [6, 6.07) is 19.6. The molecule has 0 radical (unpaired) electrons. The van der Waals surface area contributed by atoms with Gasteiger partial charge in [0, 0.05) is 26.5 Å². The van der Waals surface area contributed by atoms with Crippen molar-refractivity contribution in [3.05, 3.63) is 82.1 Å². The van der Waals surface area contributed by atoms with Crippen LogP contribution in [0.3, 0.4) is 0 Å². The first-order chi connectivity index (χ1) is 12.6. The lowest BCUT2D eigenvalue weighted by molar-refractivity contribution is 1.24. The van der Waals surface area contributed by atoms with Crippen molar-refractivity contribution in [2.75, 3.05) is 0 Å². The molecular weight excluding hydrogens is 499 g/mol. The number of halogens is 4. The largest absolute Gasteiger partial charge is 0.252 e. The van der Waals surface area contributed by atoms with E-state index in [1.54, 1.807) is 0 Å². The predicted octanol–water partition coefficient (Wildman–Crippen LogP) is 7.57. The number of hydrogen-bond donors (Lipinski definition) is 0. The van der Waals surface area contributed by atoms with Crippen LogP contribution in [0.5, 0.6) is 0 Å². The fraction of sp³-hybridized carbons (Fsp3) is 0.100. The van der Waals surface area contributed by atoms with Crippen molar-refractivity contribution < 1.29 is 0 Å². The number of benzene rings is 2. The standard InChI is InChI=1S/2C10H7BrClN/c11-6-9-4-2-7-1-3-8(12)5-10(7)13-9;11-6-8-5-4-7-2-1-3-9(12)10(7)13-8/h2*1-5H,6H2. The fourth-order valence-corrected chi connectivity index (χ4v) is 3.45. The summed E-state index contributed by atoms with van der Waals surface area (Å²) in [6.07, 6.45) is 0. The van der Waals surface area contributed by atoms with E-state index < -0.39 is 0 Å². The summed E-state index contributed by atoms with van der Waals surface area (Å²) < 4.78 is 0. The smallest absolute Gasteiger partial charge is 0.0891 e. The van der Waals surface area contributed by atoms with Crippen LogP contribution in [0.2, 0.25) is 10.0 Å². The third-order valence-corrected chi connectivity index (χ3v) is 5.40. The maximum absolute atomic E-state index is 6.01. The van der Waals surface area contributed by atoms with Crippen molar-refractivity contribution in [1.82, 2.24) is 9.97 Å². The van der Waals surface area contributed by atoms with Crippen LogP contribution < -0.4 is 0 Å². The molecule has 132 valence electrons. The minimum atomic E-state index is 0.709. The van der Waals surface area contributed by atoms with E-state index >= 15 is 0 Å². The normalized spacial score (nSPS) is 10.6. The first kappa shape index (κ1) is 19.6. The van der Waals surface area contributed by atoms with Gasteiger partial charge in [-0.05, 0) is 30.3 Å². The van der Waals surface area contributed by atoms with Gasteiger partial charge in [-0.15, -0.1) is 0 Å². The van der Waals surface area contributed by atoms with Gasteiger partial charge < -0.3 is 0 Å². The summed E-state index contributed by atoms with van der Waals surface area (Å²) in [7, 11) is 0. The van der Waals surface area contributed by atoms with E-state index in [-0.39, 0.29) is 0 Å². The van der Waals surface area contributed by atoms with Gasteiger partial charge in [-0.25, -0.2) is 0 Å². The molecule has 0 amide bonds. The van der Waals surface area contributed by atoms with Crippen molar-refractivity contribution in [3.63, 3.8) is 0 Å². The zero-order chi connectivity index (χ0) is 18.5. The van der Waals surface area contributed by atoms with Gasteiger partial charge in [0.1, 0.15) is 0 Å². The van der Waals surface area contributed by atoms with Crippen molar-refractivity contribution in [2.45, 2.75) is 10.7 Å². The molecule has 2 nitrogen and oxygen atoms in total. The molecular formula is C20H14Br2Cl2N2. The van der Waals surface area contributed by atoms with Crippen molar-refractivity contribution in [3.8, 4) is 0 Å². The third kappa shape index (κ3) is 4.74. The quantitative estimate of drug-likeness (QED) is 0.259. The zero-order valence-corrected chi connectivity index (χ0v) is 18.3. The van der Waals surface area contributed by atoms with Crippen molar-refractivity contribution in [2.24, 2.45) is 0 Å². The Morgan fingerprint density at radius 2 is 1.38 bits per heavy atom. The van der Waals surface area contributed by atoms with E-state index in [0.29, 0.717) is 5.02 Å². The molecule has 6 heteroatoms. The molecule has 4 aromatic rings. The first-order valence-corrected chi connectivity index (χ1v) is 10.8. The molecule has 2 aromatic carbocycles. The summed E-state index contributed by atoms with van der Waals surface area (Å²) in [5.74, 6) is 0. The lowest BCUT2D eigenvalue weighted by Crippen LogP contribution is -1.86. The second-order valence-corrected chi connectivity index (χ2v) is 7.49. The highest BCUT2D eigenvalue weighted by Crippen LogP contribution is 2.22. The molecule has 2 heterocycles. The van der Waals surface area contributed by atoms with E-state index in [0.717, 1.165) is 48.9 Å². The molecule has 0 N–H and O–H groups in total. The van der Waals surface area contributed by atoms with E-state index in [9.17, 15) is 0 Å². The number of rotatable bonds is 2. The van der Waals surface area contributed by atoms with Gasteiger partial charge in [-0.2, -0.15) is 0 Å². The summed E-state index contributed by atoms with van der Waals surface area (Å²) in [4.78, 5) is 8.84. The van der Waals surface area contributed by atoms with Crippen LogP contribution >= 0.6 is 55.1 Å². The van der Waals surface area contributed by atoms with Gasteiger partial charge >= 0.3 is 0 Å². The van der Waals surface area contributed by atoms with Gasteiger partial charge in [0.05, 0.1) is 27.4 Å². The Morgan fingerprint density at radius 3 is 2.12 bits per heavy atom. The maximum Gasteiger partial charge on any atom is 0.0891 e. The average Bonchev–Trinajstić information content (AvgIpc) is 2.68. The third-order valence-electron chi connectivity index (χ3n) is 3.71. The molecule has 0 saturated carbocycles. The summed E-state index contributed by atoms with van der Waals surface area (Å²) in [5.41, 5.74) is 3.85. The van der Waals surface area contributed by atoms with Crippen LogP contribution in [-0.2, 0) is 10.7 Å². The Labute approximate surface area is 178 Å². The second kappa shape index (κ2) is 9.14.